The van der Waals surface area contributed by atoms with Crippen LogP contribution in [0.5, 0.6) is 0 Å². The molecule has 0 aromatic heterocycles. The van der Waals surface area contributed by atoms with E-state index in [1.165, 1.54) is 16.4 Å². The molecular formula is C24H31N3O6S. The lowest BCUT2D eigenvalue weighted by molar-refractivity contribution is -0.114. The highest BCUT2D eigenvalue weighted by molar-refractivity contribution is 7.89. The molecule has 0 unspecified atom stereocenters. The van der Waals surface area contributed by atoms with Crippen molar-refractivity contribution in [3.05, 3.63) is 54.1 Å². The van der Waals surface area contributed by atoms with Crippen LogP contribution < -0.4 is 10.6 Å². The summed E-state index contributed by atoms with van der Waals surface area (Å²) in [7, 11) is -3.64. The van der Waals surface area contributed by atoms with E-state index in [1.54, 1.807) is 36.4 Å². The number of carbonyl (C=O) groups is 2. The second kappa shape index (κ2) is 11.5. The first-order chi connectivity index (χ1) is 16.2. The largest absolute Gasteiger partial charge is 0.462 e. The SMILES string of the molecule is CCCOC(=O)c1ccc(NCC(=O)Nc2ccc(S(=O)(=O)N3C[C@H](C)O[C@@H](C)C3)cc2)cc1. The average Bonchev–Trinajstić information content (AvgIpc) is 2.81. The molecule has 184 valence electrons. The summed E-state index contributed by atoms with van der Waals surface area (Å²) in [5.74, 6) is -0.674. The molecule has 1 aliphatic rings. The fourth-order valence-electron chi connectivity index (χ4n) is 3.58. The maximum atomic E-state index is 12.9. The normalized spacial score (nSPS) is 18.8. The second-order valence-electron chi connectivity index (χ2n) is 8.22. The predicted octanol–water partition coefficient (Wildman–Crippen LogP) is 3.10. The highest BCUT2D eigenvalue weighted by Crippen LogP contribution is 2.22. The topological polar surface area (TPSA) is 114 Å². The van der Waals surface area contributed by atoms with E-state index in [0.717, 1.165) is 6.42 Å². The van der Waals surface area contributed by atoms with Crippen molar-refractivity contribution >= 4 is 33.3 Å². The number of benzene rings is 2. The zero-order valence-corrected chi connectivity index (χ0v) is 20.4. The molecule has 1 fully saturated rings. The van der Waals surface area contributed by atoms with E-state index in [2.05, 4.69) is 10.6 Å². The van der Waals surface area contributed by atoms with Crippen LogP contribution in [0.3, 0.4) is 0 Å². The van der Waals surface area contributed by atoms with Crippen LogP contribution in [-0.4, -0.2) is 63.0 Å². The van der Waals surface area contributed by atoms with Crippen LogP contribution in [0.25, 0.3) is 0 Å². The Kier molecular flexibility index (Phi) is 8.65. The number of morpholine rings is 1. The highest BCUT2D eigenvalue weighted by Gasteiger charge is 2.32. The number of carbonyl (C=O) groups excluding carboxylic acids is 2. The number of amides is 1. The van der Waals surface area contributed by atoms with Crippen LogP contribution in [0.1, 0.15) is 37.6 Å². The zero-order valence-electron chi connectivity index (χ0n) is 19.6. The molecule has 9 nitrogen and oxygen atoms in total. The van der Waals surface area contributed by atoms with Gasteiger partial charge in [-0.05, 0) is 68.8 Å². The number of sulfonamides is 1. The van der Waals surface area contributed by atoms with Crippen molar-refractivity contribution in [2.75, 3.05) is 36.9 Å². The molecule has 34 heavy (non-hydrogen) atoms. The fourth-order valence-corrected chi connectivity index (χ4v) is 5.17. The fraction of sp³-hybridized carbons (Fsp3) is 0.417. The molecule has 3 rings (SSSR count). The Morgan fingerprint density at radius 2 is 1.59 bits per heavy atom. The molecule has 0 aliphatic carbocycles. The summed E-state index contributed by atoms with van der Waals surface area (Å²) in [5, 5.41) is 5.72. The lowest BCUT2D eigenvalue weighted by Gasteiger charge is -2.34. The van der Waals surface area contributed by atoms with Crippen LogP contribution in [0.15, 0.2) is 53.4 Å². The van der Waals surface area contributed by atoms with Crippen LogP contribution >= 0.6 is 0 Å². The maximum Gasteiger partial charge on any atom is 0.338 e. The molecule has 2 aromatic rings. The molecule has 0 spiro atoms. The van der Waals surface area contributed by atoms with Gasteiger partial charge in [-0.15, -0.1) is 0 Å². The van der Waals surface area contributed by atoms with Gasteiger partial charge in [0, 0.05) is 24.5 Å². The number of nitrogens with zero attached hydrogens (tertiary/aromatic N) is 1. The van der Waals surface area contributed by atoms with Crippen LogP contribution in [0.2, 0.25) is 0 Å². The molecule has 1 saturated heterocycles. The van der Waals surface area contributed by atoms with Gasteiger partial charge in [0.15, 0.2) is 0 Å². The van der Waals surface area contributed by atoms with Gasteiger partial charge in [0.25, 0.3) is 0 Å². The summed E-state index contributed by atoms with van der Waals surface area (Å²) in [4.78, 5) is 24.3. The van der Waals surface area contributed by atoms with Gasteiger partial charge in [0.05, 0.1) is 35.8 Å². The molecule has 2 aromatic carbocycles. The van der Waals surface area contributed by atoms with E-state index in [-0.39, 0.29) is 35.5 Å². The molecular weight excluding hydrogens is 458 g/mol. The van der Waals surface area contributed by atoms with Gasteiger partial charge in [-0.2, -0.15) is 4.31 Å². The summed E-state index contributed by atoms with van der Waals surface area (Å²) < 4.78 is 38.0. The number of ether oxygens (including phenoxy) is 2. The smallest absolute Gasteiger partial charge is 0.338 e. The number of nitrogens with one attached hydrogen (secondary N) is 2. The van der Waals surface area contributed by atoms with Crippen LogP contribution in [0, 0.1) is 0 Å². The van der Waals surface area contributed by atoms with E-state index < -0.39 is 10.0 Å². The summed E-state index contributed by atoms with van der Waals surface area (Å²) in [6.45, 7) is 6.60. The number of rotatable bonds is 9. The molecule has 1 aliphatic heterocycles. The van der Waals surface area contributed by atoms with Crippen molar-refractivity contribution in [3.63, 3.8) is 0 Å². The standard InChI is InChI=1S/C24H31N3O6S/c1-4-13-32-24(29)19-5-7-20(8-6-19)25-14-23(28)26-21-9-11-22(12-10-21)34(30,31)27-15-17(2)33-18(3)16-27/h5-12,17-18,25H,4,13-16H2,1-3H3,(H,26,28)/t17-,18-/m0/s1. The molecule has 0 radical (unpaired) electrons. The van der Waals surface area contributed by atoms with Gasteiger partial charge in [-0.3, -0.25) is 4.79 Å². The molecule has 2 N–H and O–H groups in total. The number of hydrogen-bond donors (Lipinski definition) is 2. The van der Waals surface area contributed by atoms with Gasteiger partial charge < -0.3 is 20.1 Å². The van der Waals surface area contributed by atoms with E-state index >= 15 is 0 Å². The summed E-state index contributed by atoms with van der Waals surface area (Å²) in [5.41, 5.74) is 1.61. The van der Waals surface area contributed by atoms with Crippen molar-refractivity contribution in [2.24, 2.45) is 0 Å². The first kappa shape index (κ1) is 25.7. The summed E-state index contributed by atoms with van der Waals surface area (Å²) in [6.07, 6.45) is 0.414. The van der Waals surface area contributed by atoms with E-state index in [1.807, 2.05) is 20.8 Å². The Labute approximate surface area is 200 Å². The Morgan fingerprint density at radius 3 is 2.18 bits per heavy atom. The van der Waals surface area contributed by atoms with E-state index in [0.29, 0.717) is 36.6 Å². The van der Waals surface area contributed by atoms with Gasteiger partial charge in [-0.1, -0.05) is 6.92 Å². The third-order valence-corrected chi connectivity index (χ3v) is 7.02. The molecule has 0 bridgehead atoms. The highest BCUT2D eigenvalue weighted by atomic mass is 32.2. The Hall–Kier alpha value is -2.95. The van der Waals surface area contributed by atoms with Crippen molar-refractivity contribution in [1.29, 1.82) is 0 Å². The first-order valence-electron chi connectivity index (χ1n) is 11.3. The minimum absolute atomic E-state index is 0.00321. The van der Waals surface area contributed by atoms with E-state index in [4.69, 9.17) is 9.47 Å². The predicted molar refractivity (Wildman–Crippen MR) is 129 cm³/mol. The quantitative estimate of drug-likeness (QED) is 0.520. The number of hydrogen-bond acceptors (Lipinski definition) is 7. The minimum atomic E-state index is -3.64. The molecule has 10 heteroatoms. The monoisotopic (exact) mass is 489 g/mol. The average molecular weight is 490 g/mol. The second-order valence-corrected chi connectivity index (χ2v) is 10.2. The van der Waals surface area contributed by atoms with Gasteiger partial charge in [0.1, 0.15) is 0 Å². The molecule has 2 atom stereocenters. The lowest BCUT2D eigenvalue weighted by atomic mass is 10.2. The van der Waals surface area contributed by atoms with Gasteiger partial charge in [-0.25, -0.2) is 13.2 Å². The van der Waals surface area contributed by atoms with Crippen molar-refractivity contribution in [2.45, 2.75) is 44.3 Å². The Morgan fingerprint density at radius 1 is 1.00 bits per heavy atom. The van der Waals surface area contributed by atoms with Gasteiger partial charge in [0.2, 0.25) is 15.9 Å². The third kappa shape index (κ3) is 6.78. The number of esters is 1. The molecule has 1 amide bonds. The number of anilines is 2. The summed E-state index contributed by atoms with van der Waals surface area (Å²) in [6, 6.07) is 12.8. The third-order valence-electron chi connectivity index (χ3n) is 5.17. The Balaban J connectivity index is 1.52. The van der Waals surface area contributed by atoms with Gasteiger partial charge >= 0.3 is 5.97 Å². The van der Waals surface area contributed by atoms with Crippen molar-refractivity contribution in [3.8, 4) is 0 Å². The van der Waals surface area contributed by atoms with Crippen LogP contribution in [-0.2, 0) is 24.3 Å². The molecule has 0 saturated carbocycles. The van der Waals surface area contributed by atoms with Crippen molar-refractivity contribution < 1.29 is 27.5 Å². The maximum absolute atomic E-state index is 12.9. The summed E-state index contributed by atoms with van der Waals surface area (Å²) >= 11 is 0. The first-order valence-corrected chi connectivity index (χ1v) is 12.7. The molecule has 1 heterocycles. The minimum Gasteiger partial charge on any atom is -0.462 e. The van der Waals surface area contributed by atoms with Crippen LogP contribution in [0.4, 0.5) is 11.4 Å². The van der Waals surface area contributed by atoms with E-state index in [9.17, 15) is 18.0 Å². The lowest BCUT2D eigenvalue weighted by Crippen LogP contribution is -2.48. The van der Waals surface area contributed by atoms with Crippen molar-refractivity contribution in [1.82, 2.24) is 4.31 Å². The Bertz CT molecular complexity index is 1080. The zero-order chi connectivity index (χ0) is 24.7.